The molecule has 0 radical (unpaired) electrons. The number of hydrogen-bond acceptors (Lipinski definition) is 3. The van der Waals surface area contributed by atoms with Crippen molar-refractivity contribution in [2.45, 2.75) is 39.2 Å². The molecule has 2 aliphatic rings. The lowest BCUT2D eigenvalue weighted by atomic mass is 9.97. The zero-order valence-electron chi connectivity index (χ0n) is 13.8. The van der Waals surface area contributed by atoms with Crippen LogP contribution in [-0.4, -0.2) is 43.6 Å². The van der Waals surface area contributed by atoms with Gasteiger partial charge in [0.05, 0.1) is 0 Å². The lowest BCUT2D eigenvalue weighted by Gasteiger charge is -2.34. The van der Waals surface area contributed by atoms with Gasteiger partial charge in [-0.15, -0.1) is 0 Å². The SMILES string of the molecule is CNC[C@H]1CCCN(C(=O)[C@@H]2Cc3cc(C)c(C)cc3O2)C1. The molecule has 2 atom stereocenters. The van der Waals surface area contributed by atoms with E-state index in [1.165, 1.54) is 23.1 Å². The molecule has 22 heavy (non-hydrogen) atoms. The van der Waals surface area contributed by atoms with Crippen LogP contribution in [0.5, 0.6) is 5.75 Å². The van der Waals surface area contributed by atoms with E-state index in [9.17, 15) is 4.79 Å². The number of ether oxygens (including phenoxy) is 1. The average Bonchev–Trinajstić information content (AvgIpc) is 2.90. The van der Waals surface area contributed by atoms with Crippen molar-refractivity contribution >= 4 is 5.91 Å². The largest absolute Gasteiger partial charge is 0.480 e. The van der Waals surface area contributed by atoms with Crippen molar-refractivity contribution < 1.29 is 9.53 Å². The van der Waals surface area contributed by atoms with E-state index in [1.54, 1.807) is 0 Å². The molecule has 1 N–H and O–H groups in total. The normalized spacial score (nSPS) is 24.0. The van der Waals surface area contributed by atoms with Crippen molar-refractivity contribution in [2.24, 2.45) is 5.92 Å². The van der Waals surface area contributed by atoms with Gasteiger partial charge in [-0.1, -0.05) is 6.07 Å². The van der Waals surface area contributed by atoms with Gasteiger partial charge in [0.2, 0.25) is 0 Å². The minimum absolute atomic E-state index is 0.160. The van der Waals surface area contributed by atoms with Crippen LogP contribution in [0.25, 0.3) is 0 Å². The summed E-state index contributed by atoms with van der Waals surface area (Å²) in [6, 6.07) is 4.23. The zero-order valence-corrected chi connectivity index (χ0v) is 13.8. The minimum atomic E-state index is -0.329. The molecule has 1 amide bonds. The molecular weight excluding hydrogens is 276 g/mol. The summed E-state index contributed by atoms with van der Waals surface area (Å²) in [6.45, 7) is 6.90. The van der Waals surface area contributed by atoms with E-state index >= 15 is 0 Å². The van der Waals surface area contributed by atoms with Crippen molar-refractivity contribution in [2.75, 3.05) is 26.7 Å². The highest BCUT2D eigenvalue weighted by Crippen LogP contribution is 2.32. The van der Waals surface area contributed by atoms with Crippen LogP contribution >= 0.6 is 0 Å². The Morgan fingerprint density at radius 1 is 1.36 bits per heavy atom. The molecule has 1 aromatic rings. The lowest BCUT2D eigenvalue weighted by molar-refractivity contribution is -0.139. The Kier molecular flexibility index (Phi) is 4.39. The van der Waals surface area contributed by atoms with Crippen molar-refractivity contribution in [3.8, 4) is 5.75 Å². The molecule has 0 spiro atoms. The van der Waals surface area contributed by atoms with Gasteiger partial charge < -0.3 is 15.0 Å². The summed E-state index contributed by atoms with van der Waals surface area (Å²) < 4.78 is 5.95. The third kappa shape index (κ3) is 2.98. The number of hydrogen-bond donors (Lipinski definition) is 1. The maximum absolute atomic E-state index is 12.8. The van der Waals surface area contributed by atoms with E-state index in [4.69, 9.17) is 4.74 Å². The Bertz CT molecular complexity index is 537. The second kappa shape index (κ2) is 6.29. The standard InChI is InChI=1S/C18H26N2O2/c1-12-7-15-9-17(22-16(15)8-13(12)2)18(21)20-6-4-5-14(11-20)10-19-3/h7-8,14,17,19H,4-6,9-11H2,1-3H3/t14-,17+/m1/s1. The van der Waals surface area contributed by atoms with E-state index < -0.39 is 0 Å². The summed E-state index contributed by atoms with van der Waals surface area (Å²) >= 11 is 0. The second-order valence-corrected chi connectivity index (χ2v) is 6.70. The molecule has 1 saturated heterocycles. The monoisotopic (exact) mass is 302 g/mol. The number of benzene rings is 1. The van der Waals surface area contributed by atoms with E-state index in [2.05, 4.69) is 31.3 Å². The number of likely N-dealkylation sites (tertiary alicyclic amines) is 1. The number of nitrogens with zero attached hydrogens (tertiary/aromatic N) is 1. The highest BCUT2D eigenvalue weighted by atomic mass is 16.5. The molecule has 2 heterocycles. The summed E-state index contributed by atoms with van der Waals surface area (Å²) in [5.41, 5.74) is 3.66. The molecule has 2 aliphatic heterocycles. The number of carbonyl (C=O) groups is 1. The third-order valence-electron chi connectivity index (χ3n) is 4.95. The van der Waals surface area contributed by atoms with Crippen molar-refractivity contribution in [1.29, 1.82) is 0 Å². The molecule has 120 valence electrons. The Morgan fingerprint density at radius 2 is 2.14 bits per heavy atom. The summed E-state index contributed by atoms with van der Waals surface area (Å²) in [5, 5.41) is 3.22. The average molecular weight is 302 g/mol. The first-order valence-electron chi connectivity index (χ1n) is 8.28. The summed E-state index contributed by atoms with van der Waals surface area (Å²) in [7, 11) is 1.97. The first kappa shape index (κ1) is 15.3. The van der Waals surface area contributed by atoms with Gasteiger partial charge in [-0.05, 0) is 69.0 Å². The fraction of sp³-hybridized carbons (Fsp3) is 0.611. The van der Waals surface area contributed by atoms with Crippen molar-refractivity contribution in [1.82, 2.24) is 10.2 Å². The number of carbonyl (C=O) groups excluding carboxylic acids is 1. The Labute approximate surface area is 132 Å². The third-order valence-corrected chi connectivity index (χ3v) is 4.95. The summed E-state index contributed by atoms with van der Waals surface area (Å²) in [4.78, 5) is 14.8. The number of fused-ring (bicyclic) bond motifs is 1. The Morgan fingerprint density at radius 3 is 2.91 bits per heavy atom. The fourth-order valence-corrected chi connectivity index (χ4v) is 3.58. The second-order valence-electron chi connectivity index (χ2n) is 6.70. The summed E-state index contributed by atoms with van der Waals surface area (Å²) in [6.07, 6.45) is 2.68. The lowest BCUT2D eigenvalue weighted by Crippen LogP contribution is -2.47. The first-order valence-corrected chi connectivity index (χ1v) is 8.28. The number of piperidine rings is 1. The van der Waals surface area contributed by atoms with Gasteiger partial charge in [-0.2, -0.15) is 0 Å². The van der Waals surface area contributed by atoms with Gasteiger partial charge in [0.25, 0.3) is 5.91 Å². The Hall–Kier alpha value is -1.55. The van der Waals surface area contributed by atoms with Crippen LogP contribution in [0.15, 0.2) is 12.1 Å². The highest BCUT2D eigenvalue weighted by molar-refractivity contribution is 5.82. The van der Waals surface area contributed by atoms with Gasteiger partial charge >= 0.3 is 0 Å². The van der Waals surface area contributed by atoms with Gasteiger partial charge in [-0.3, -0.25) is 4.79 Å². The van der Waals surface area contributed by atoms with Gasteiger partial charge in [-0.25, -0.2) is 0 Å². The van der Waals surface area contributed by atoms with Crippen LogP contribution in [0, 0.1) is 19.8 Å². The Balaban J connectivity index is 1.67. The first-order chi connectivity index (χ1) is 10.6. The number of rotatable bonds is 3. The molecule has 0 aromatic heterocycles. The van der Waals surface area contributed by atoms with Gasteiger partial charge in [0.1, 0.15) is 5.75 Å². The molecule has 3 rings (SSSR count). The smallest absolute Gasteiger partial charge is 0.264 e. The van der Waals surface area contributed by atoms with Crippen LogP contribution in [0.3, 0.4) is 0 Å². The van der Waals surface area contributed by atoms with Crippen LogP contribution < -0.4 is 10.1 Å². The molecule has 0 saturated carbocycles. The van der Waals surface area contributed by atoms with E-state index in [0.717, 1.165) is 31.8 Å². The fourth-order valence-electron chi connectivity index (χ4n) is 3.58. The summed E-state index contributed by atoms with van der Waals surface area (Å²) in [5.74, 6) is 1.62. The molecule has 1 fully saturated rings. The molecule has 4 nitrogen and oxygen atoms in total. The predicted octanol–water partition coefficient (Wildman–Crippen LogP) is 2.06. The number of aryl methyl sites for hydroxylation is 2. The number of nitrogens with one attached hydrogen (secondary N) is 1. The van der Waals surface area contributed by atoms with E-state index in [-0.39, 0.29) is 12.0 Å². The van der Waals surface area contributed by atoms with Crippen LogP contribution in [0.2, 0.25) is 0 Å². The number of amides is 1. The quantitative estimate of drug-likeness (QED) is 0.929. The van der Waals surface area contributed by atoms with Crippen LogP contribution in [-0.2, 0) is 11.2 Å². The van der Waals surface area contributed by atoms with Crippen molar-refractivity contribution in [3.63, 3.8) is 0 Å². The van der Waals surface area contributed by atoms with E-state index in [0.29, 0.717) is 12.3 Å². The predicted molar refractivity (Wildman–Crippen MR) is 87.3 cm³/mol. The van der Waals surface area contributed by atoms with Crippen LogP contribution in [0.4, 0.5) is 0 Å². The molecule has 1 aromatic carbocycles. The highest BCUT2D eigenvalue weighted by Gasteiger charge is 2.34. The maximum Gasteiger partial charge on any atom is 0.264 e. The topological polar surface area (TPSA) is 41.6 Å². The van der Waals surface area contributed by atoms with E-state index in [1.807, 2.05) is 11.9 Å². The molecule has 0 aliphatic carbocycles. The van der Waals surface area contributed by atoms with Gasteiger partial charge in [0, 0.05) is 19.5 Å². The van der Waals surface area contributed by atoms with Crippen molar-refractivity contribution in [3.05, 3.63) is 28.8 Å². The molecule has 4 heteroatoms. The molecule has 0 unspecified atom stereocenters. The molecule has 0 bridgehead atoms. The zero-order chi connectivity index (χ0) is 15.7. The maximum atomic E-state index is 12.8. The minimum Gasteiger partial charge on any atom is -0.480 e. The van der Waals surface area contributed by atoms with Gasteiger partial charge in [0.15, 0.2) is 6.10 Å². The van der Waals surface area contributed by atoms with Crippen LogP contribution in [0.1, 0.15) is 29.5 Å². The molecular formula is C18H26N2O2.